The zero-order valence-corrected chi connectivity index (χ0v) is 9.29. The highest BCUT2D eigenvalue weighted by Gasteiger charge is 2.19. The second-order valence-corrected chi connectivity index (χ2v) is 3.52. The van der Waals surface area contributed by atoms with Crippen LogP contribution in [0.5, 0.6) is 0 Å². The molecule has 0 aliphatic rings. The molecule has 2 rings (SSSR count). The minimum absolute atomic E-state index is 0.0989. The summed E-state index contributed by atoms with van der Waals surface area (Å²) in [4.78, 5) is 34.6. The lowest BCUT2D eigenvalue weighted by atomic mass is 10.1. The summed E-state index contributed by atoms with van der Waals surface area (Å²) >= 11 is 0. The van der Waals surface area contributed by atoms with Crippen LogP contribution in [0.2, 0.25) is 0 Å². The molecule has 9 heteroatoms. The van der Waals surface area contributed by atoms with Crippen LogP contribution < -0.4 is 0 Å². The lowest BCUT2D eigenvalue weighted by molar-refractivity contribution is -0.394. The number of nitro groups is 2. The molecule has 0 N–H and O–H groups in total. The van der Waals surface area contributed by atoms with E-state index in [0.29, 0.717) is 6.41 Å². The maximum absolute atomic E-state index is 10.8. The molecule has 0 saturated carbocycles. The van der Waals surface area contributed by atoms with Crippen molar-refractivity contribution in [1.29, 1.82) is 0 Å². The van der Waals surface area contributed by atoms with Gasteiger partial charge in [0.2, 0.25) is 6.41 Å². The Bertz CT molecular complexity index is 646. The van der Waals surface area contributed by atoms with Crippen LogP contribution >= 0.6 is 0 Å². The molecule has 0 aliphatic heterocycles. The maximum atomic E-state index is 10.8. The Morgan fingerprint density at radius 1 is 1.11 bits per heavy atom. The molecule has 0 amide bonds. The van der Waals surface area contributed by atoms with Crippen molar-refractivity contribution in [1.82, 2.24) is 9.55 Å². The van der Waals surface area contributed by atoms with Crippen LogP contribution in [0.25, 0.3) is 11.4 Å². The van der Waals surface area contributed by atoms with E-state index in [1.54, 1.807) is 0 Å². The Hall–Kier alpha value is -3.10. The summed E-state index contributed by atoms with van der Waals surface area (Å²) in [5.41, 5.74) is -0.757. The highest BCUT2D eigenvalue weighted by molar-refractivity contribution is 5.70. The van der Waals surface area contributed by atoms with E-state index in [4.69, 9.17) is 0 Å². The van der Waals surface area contributed by atoms with E-state index >= 15 is 0 Å². The zero-order valence-electron chi connectivity index (χ0n) is 9.29. The second-order valence-electron chi connectivity index (χ2n) is 3.52. The maximum Gasteiger partial charge on any atom is 0.277 e. The van der Waals surface area contributed by atoms with Gasteiger partial charge >= 0.3 is 0 Å². The first-order valence-corrected chi connectivity index (χ1v) is 4.95. The molecule has 9 nitrogen and oxygen atoms in total. The van der Waals surface area contributed by atoms with Crippen molar-refractivity contribution in [3.05, 3.63) is 50.8 Å². The van der Waals surface area contributed by atoms with Crippen molar-refractivity contribution < 1.29 is 14.6 Å². The Morgan fingerprint density at radius 2 is 1.68 bits per heavy atom. The molecule has 1 heterocycles. The van der Waals surface area contributed by atoms with Gasteiger partial charge in [0.1, 0.15) is 5.82 Å². The smallest absolute Gasteiger partial charge is 0.277 e. The van der Waals surface area contributed by atoms with Gasteiger partial charge in [-0.25, -0.2) is 4.98 Å². The predicted molar refractivity (Wildman–Crippen MR) is 63.1 cm³/mol. The summed E-state index contributed by atoms with van der Waals surface area (Å²) < 4.78 is 1.07. The third kappa shape index (κ3) is 2.29. The minimum atomic E-state index is -0.745. The summed E-state index contributed by atoms with van der Waals surface area (Å²) in [5, 5.41) is 21.5. The summed E-state index contributed by atoms with van der Waals surface area (Å²) in [6.07, 6.45) is 3.11. The van der Waals surface area contributed by atoms with Crippen LogP contribution in [-0.4, -0.2) is 25.8 Å². The SMILES string of the molecule is O=Cn1ccnc1-c1cc([N+](=O)[O-])cc([N+](=O)[O-])c1. The third-order valence-corrected chi connectivity index (χ3v) is 2.36. The average Bonchev–Trinajstić information content (AvgIpc) is 2.86. The first-order valence-electron chi connectivity index (χ1n) is 4.95. The fourth-order valence-electron chi connectivity index (χ4n) is 1.56. The van der Waals surface area contributed by atoms with Crippen LogP contribution in [-0.2, 0) is 4.79 Å². The number of aromatic nitrogens is 2. The topological polar surface area (TPSA) is 121 Å². The van der Waals surface area contributed by atoms with Gasteiger partial charge in [-0.3, -0.25) is 29.6 Å². The summed E-state index contributed by atoms with van der Waals surface area (Å²) in [7, 11) is 0. The number of benzene rings is 1. The fourth-order valence-corrected chi connectivity index (χ4v) is 1.56. The molecule has 0 saturated heterocycles. The molecule has 0 unspecified atom stereocenters. The molecule has 0 atom stereocenters. The largest absolute Gasteiger partial charge is 0.278 e. The molecular formula is C10H6N4O5. The Labute approximate surface area is 105 Å². The third-order valence-electron chi connectivity index (χ3n) is 2.36. The second kappa shape index (κ2) is 4.64. The number of carbonyl (C=O) groups excluding carboxylic acids is 1. The highest BCUT2D eigenvalue weighted by Crippen LogP contribution is 2.28. The van der Waals surface area contributed by atoms with Gasteiger partial charge in [0, 0.05) is 30.1 Å². The van der Waals surface area contributed by atoms with Crippen LogP contribution in [0.15, 0.2) is 30.6 Å². The fraction of sp³-hybridized carbons (Fsp3) is 0. The number of hydrogen-bond acceptors (Lipinski definition) is 6. The lowest BCUT2D eigenvalue weighted by Gasteiger charge is -2.01. The number of rotatable bonds is 4. The van der Waals surface area contributed by atoms with Gasteiger partial charge in [-0.2, -0.15) is 0 Å². The zero-order chi connectivity index (χ0) is 14.0. The lowest BCUT2D eigenvalue weighted by Crippen LogP contribution is -1.99. The van der Waals surface area contributed by atoms with Gasteiger partial charge < -0.3 is 0 Å². The molecule has 0 spiro atoms. The number of nitrogens with zero attached hydrogens (tertiary/aromatic N) is 4. The van der Waals surface area contributed by atoms with Gasteiger partial charge in [-0.15, -0.1) is 0 Å². The van der Waals surface area contributed by atoms with Gasteiger partial charge in [0.15, 0.2) is 0 Å². The molecule has 0 fully saturated rings. The Kier molecular flexibility index (Phi) is 3.02. The van der Waals surface area contributed by atoms with E-state index in [1.165, 1.54) is 12.4 Å². The van der Waals surface area contributed by atoms with Crippen molar-refractivity contribution in [3.63, 3.8) is 0 Å². The summed E-state index contributed by atoms with van der Waals surface area (Å²) in [5.74, 6) is 0.0989. The van der Waals surface area contributed by atoms with Gasteiger partial charge in [0.25, 0.3) is 11.4 Å². The van der Waals surface area contributed by atoms with Crippen LogP contribution in [0, 0.1) is 20.2 Å². The Morgan fingerprint density at radius 3 is 2.16 bits per heavy atom. The van der Waals surface area contributed by atoms with Crippen molar-refractivity contribution in [2.75, 3.05) is 0 Å². The normalized spacial score (nSPS) is 10.1. The predicted octanol–water partition coefficient (Wildman–Crippen LogP) is 1.40. The van der Waals surface area contributed by atoms with Gasteiger partial charge in [0.05, 0.1) is 15.9 Å². The molecule has 96 valence electrons. The molecule has 0 radical (unpaired) electrons. The standard InChI is InChI=1S/C10H6N4O5/c15-6-12-2-1-11-10(12)7-3-8(13(16)17)5-9(4-7)14(18)19/h1-6H. The molecule has 19 heavy (non-hydrogen) atoms. The summed E-state index contributed by atoms with van der Waals surface area (Å²) in [6, 6.07) is 3.09. The average molecular weight is 262 g/mol. The van der Waals surface area contributed by atoms with Crippen molar-refractivity contribution >= 4 is 17.8 Å². The van der Waals surface area contributed by atoms with E-state index in [2.05, 4.69) is 4.98 Å². The van der Waals surface area contributed by atoms with E-state index in [1.807, 2.05) is 0 Å². The van der Waals surface area contributed by atoms with Crippen molar-refractivity contribution in [2.45, 2.75) is 0 Å². The van der Waals surface area contributed by atoms with Gasteiger partial charge in [-0.05, 0) is 0 Å². The van der Waals surface area contributed by atoms with E-state index in [0.717, 1.165) is 22.8 Å². The monoisotopic (exact) mass is 262 g/mol. The van der Waals surface area contributed by atoms with Crippen molar-refractivity contribution in [3.8, 4) is 11.4 Å². The first-order chi connectivity index (χ1) is 9.02. The van der Waals surface area contributed by atoms with E-state index < -0.39 is 21.2 Å². The Balaban J connectivity index is 2.66. The van der Waals surface area contributed by atoms with Crippen LogP contribution in [0.3, 0.4) is 0 Å². The molecule has 0 bridgehead atoms. The van der Waals surface area contributed by atoms with E-state index in [-0.39, 0.29) is 11.4 Å². The van der Waals surface area contributed by atoms with E-state index in [9.17, 15) is 25.0 Å². The van der Waals surface area contributed by atoms with Gasteiger partial charge in [-0.1, -0.05) is 0 Å². The minimum Gasteiger partial charge on any atom is -0.278 e. The number of non-ortho nitro benzene ring substituents is 2. The van der Waals surface area contributed by atoms with Crippen LogP contribution in [0.4, 0.5) is 11.4 Å². The molecule has 0 aliphatic carbocycles. The number of hydrogen-bond donors (Lipinski definition) is 0. The number of nitro benzene ring substituents is 2. The quantitative estimate of drug-likeness (QED) is 0.466. The number of carbonyl (C=O) groups is 1. The molecule has 2 aromatic rings. The molecule has 1 aromatic heterocycles. The van der Waals surface area contributed by atoms with Crippen LogP contribution in [0.1, 0.15) is 0 Å². The molecular weight excluding hydrogens is 256 g/mol. The molecule has 1 aromatic carbocycles. The summed E-state index contributed by atoms with van der Waals surface area (Å²) in [6.45, 7) is 0. The highest BCUT2D eigenvalue weighted by atomic mass is 16.6. The number of imidazole rings is 1. The van der Waals surface area contributed by atoms with Crippen molar-refractivity contribution in [2.24, 2.45) is 0 Å². The first kappa shape index (κ1) is 12.4.